The Balaban J connectivity index is 2.65. The zero-order chi connectivity index (χ0) is 17.1. The lowest BCUT2D eigenvalue weighted by Gasteiger charge is -2.08. The van der Waals surface area contributed by atoms with Crippen LogP contribution in [0, 0.1) is 13.8 Å². The van der Waals surface area contributed by atoms with Crippen molar-refractivity contribution in [3.8, 4) is 0 Å². The van der Waals surface area contributed by atoms with Gasteiger partial charge in [0.1, 0.15) is 12.2 Å². The maximum atomic E-state index is 11.9. The molecule has 1 aromatic rings. The molecule has 1 heterocycles. The van der Waals surface area contributed by atoms with Crippen molar-refractivity contribution in [2.24, 2.45) is 0 Å². The first-order chi connectivity index (χ1) is 10.0. The molecular formula is C13H15F3N2O4. The molecule has 6 nitrogen and oxygen atoms in total. The normalized spacial score (nSPS) is 11.2. The van der Waals surface area contributed by atoms with Crippen LogP contribution in [0.15, 0.2) is 0 Å². The van der Waals surface area contributed by atoms with E-state index >= 15 is 0 Å². The summed E-state index contributed by atoms with van der Waals surface area (Å²) < 4.78 is 40.3. The third-order valence-electron chi connectivity index (χ3n) is 2.81. The van der Waals surface area contributed by atoms with Crippen LogP contribution in [0.4, 0.5) is 13.2 Å². The molecule has 0 spiro atoms. The lowest BCUT2D eigenvalue weighted by Crippen LogP contribution is -2.36. The third-order valence-corrected chi connectivity index (χ3v) is 2.81. The van der Waals surface area contributed by atoms with Gasteiger partial charge in [0.2, 0.25) is 0 Å². The molecule has 0 unspecified atom stereocenters. The molecular weight excluding hydrogens is 305 g/mol. The van der Waals surface area contributed by atoms with E-state index in [0.717, 1.165) is 0 Å². The molecule has 122 valence electrons. The molecule has 22 heavy (non-hydrogen) atoms. The van der Waals surface area contributed by atoms with Gasteiger partial charge < -0.3 is 15.0 Å². The van der Waals surface area contributed by atoms with E-state index in [0.29, 0.717) is 16.8 Å². The summed E-state index contributed by atoms with van der Waals surface area (Å²) >= 11 is 0. The Bertz CT molecular complexity index is 605. The number of nitrogens with one attached hydrogen (secondary N) is 2. The topological polar surface area (TPSA) is 88.3 Å². The number of Topliss-reactive ketones (excluding diaryl/α,β-unsaturated/α-hetero) is 1. The number of esters is 1. The Morgan fingerprint density at radius 1 is 1.23 bits per heavy atom. The van der Waals surface area contributed by atoms with Crippen molar-refractivity contribution >= 4 is 17.7 Å². The van der Waals surface area contributed by atoms with Crippen LogP contribution < -0.4 is 5.32 Å². The number of ketones is 1. The summed E-state index contributed by atoms with van der Waals surface area (Å²) in [4.78, 5) is 37.0. The smallest absolute Gasteiger partial charge is 0.405 e. The Morgan fingerprint density at radius 2 is 1.82 bits per heavy atom. The number of halogens is 3. The molecule has 1 rings (SSSR count). The number of ether oxygens (including phenoxy) is 1. The van der Waals surface area contributed by atoms with Gasteiger partial charge in [-0.2, -0.15) is 13.2 Å². The van der Waals surface area contributed by atoms with Crippen LogP contribution in [-0.4, -0.2) is 42.0 Å². The fourth-order valence-electron chi connectivity index (χ4n) is 1.94. The molecule has 1 amide bonds. The van der Waals surface area contributed by atoms with Crippen LogP contribution in [-0.2, 0) is 9.53 Å². The predicted molar refractivity (Wildman–Crippen MR) is 69.6 cm³/mol. The molecule has 0 radical (unpaired) electrons. The van der Waals surface area contributed by atoms with Gasteiger partial charge in [-0.3, -0.25) is 9.59 Å². The van der Waals surface area contributed by atoms with Crippen LogP contribution >= 0.6 is 0 Å². The quantitative estimate of drug-likeness (QED) is 0.638. The van der Waals surface area contributed by atoms with Gasteiger partial charge in [0.15, 0.2) is 12.4 Å². The summed E-state index contributed by atoms with van der Waals surface area (Å²) in [5.74, 6) is -2.23. The Morgan fingerprint density at radius 3 is 2.27 bits per heavy atom. The number of carbonyl (C=O) groups is 3. The number of aromatic nitrogens is 1. The zero-order valence-corrected chi connectivity index (χ0v) is 12.2. The van der Waals surface area contributed by atoms with Gasteiger partial charge in [0.05, 0.1) is 0 Å². The van der Waals surface area contributed by atoms with Crippen LogP contribution in [0.25, 0.3) is 0 Å². The van der Waals surface area contributed by atoms with Gasteiger partial charge in [-0.05, 0) is 26.3 Å². The van der Waals surface area contributed by atoms with Crippen LogP contribution in [0.5, 0.6) is 0 Å². The maximum Gasteiger partial charge on any atom is 0.405 e. The lowest BCUT2D eigenvalue weighted by molar-refractivity contribution is -0.140. The first-order valence-corrected chi connectivity index (χ1v) is 6.23. The number of aromatic amines is 1. The average molecular weight is 320 g/mol. The van der Waals surface area contributed by atoms with Crippen molar-refractivity contribution in [2.75, 3.05) is 13.2 Å². The van der Waals surface area contributed by atoms with Crippen molar-refractivity contribution < 1.29 is 32.3 Å². The molecule has 9 heteroatoms. The van der Waals surface area contributed by atoms with E-state index in [9.17, 15) is 27.6 Å². The molecule has 2 N–H and O–H groups in total. The molecule has 0 atom stereocenters. The molecule has 0 aliphatic carbocycles. The van der Waals surface area contributed by atoms with Crippen molar-refractivity contribution in [1.82, 2.24) is 10.3 Å². The predicted octanol–water partition coefficient (Wildman–Crippen LogP) is 1.67. The number of amides is 1. The number of rotatable bonds is 5. The fourth-order valence-corrected chi connectivity index (χ4v) is 1.94. The number of carbonyl (C=O) groups excluding carboxylic acids is 3. The highest BCUT2D eigenvalue weighted by Gasteiger charge is 2.28. The number of hydrogen-bond acceptors (Lipinski definition) is 4. The monoisotopic (exact) mass is 320 g/mol. The van der Waals surface area contributed by atoms with Crippen molar-refractivity contribution in [2.45, 2.75) is 26.9 Å². The van der Waals surface area contributed by atoms with Crippen molar-refractivity contribution in [3.05, 3.63) is 22.5 Å². The minimum absolute atomic E-state index is 0.00804. The third kappa shape index (κ3) is 4.61. The minimum atomic E-state index is -4.54. The van der Waals surface area contributed by atoms with E-state index in [1.54, 1.807) is 12.2 Å². The minimum Gasteiger partial charge on any atom is -0.451 e. The summed E-state index contributed by atoms with van der Waals surface area (Å²) in [6.07, 6.45) is -4.54. The van der Waals surface area contributed by atoms with Gasteiger partial charge in [-0.1, -0.05) is 0 Å². The van der Waals surface area contributed by atoms with E-state index in [4.69, 9.17) is 0 Å². The highest BCUT2D eigenvalue weighted by Crippen LogP contribution is 2.19. The molecule has 0 saturated carbocycles. The summed E-state index contributed by atoms with van der Waals surface area (Å²) in [7, 11) is 0. The van der Waals surface area contributed by atoms with Gasteiger partial charge in [0, 0.05) is 11.3 Å². The molecule has 0 bridgehead atoms. The molecule has 0 aliphatic heterocycles. The standard InChI is InChI=1S/C13H15F3N2O4/c1-6-10(8(3)19)7(2)18-11(6)12(21)22-4-9(20)17-5-13(14,15)16/h18H,4-5H2,1-3H3,(H,17,20). The molecule has 1 aromatic heterocycles. The van der Waals surface area contributed by atoms with Gasteiger partial charge in [0.25, 0.3) is 5.91 Å². The molecule has 0 aromatic carbocycles. The van der Waals surface area contributed by atoms with E-state index in [2.05, 4.69) is 9.72 Å². The largest absolute Gasteiger partial charge is 0.451 e. The summed E-state index contributed by atoms with van der Waals surface area (Å²) in [5.41, 5.74) is 1.17. The fraction of sp³-hybridized carbons (Fsp3) is 0.462. The molecule has 0 aliphatic rings. The second-order valence-electron chi connectivity index (χ2n) is 4.65. The van der Waals surface area contributed by atoms with Gasteiger partial charge >= 0.3 is 12.1 Å². The SMILES string of the molecule is CC(=O)c1c(C)[nH]c(C(=O)OCC(=O)NCC(F)(F)F)c1C. The molecule has 0 fully saturated rings. The highest BCUT2D eigenvalue weighted by molar-refractivity contribution is 6.01. The van der Waals surface area contributed by atoms with E-state index in [1.807, 2.05) is 0 Å². The first kappa shape index (κ1) is 17.7. The lowest BCUT2D eigenvalue weighted by atomic mass is 10.1. The number of alkyl halides is 3. The average Bonchev–Trinajstić information content (AvgIpc) is 2.68. The second-order valence-corrected chi connectivity index (χ2v) is 4.65. The number of aryl methyl sites for hydroxylation is 1. The van der Waals surface area contributed by atoms with E-state index < -0.39 is 31.2 Å². The number of hydrogen-bond donors (Lipinski definition) is 2. The van der Waals surface area contributed by atoms with Gasteiger partial charge in [-0.25, -0.2) is 4.79 Å². The summed E-state index contributed by atoms with van der Waals surface area (Å²) in [5, 5.41) is 1.57. The van der Waals surface area contributed by atoms with Crippen molar-refractivity contribution in [1.29, 1.82) is 0 Å². The highest BCUT2D eigenvalue weighted by atomic mass is 19.4. The second kappa shape index (κ2) is 6.63. The Kier molecular flexibility index (Phi) is 5.34. The Labute approximate surface area is 124 Å². The first-order valence-electron chi connectivity index (χ1n) is 6.23. The summed E-state index contributed by atoms with van der Waals surface area (Å²) in [6, 6.07) is 0. The van der Waals surface area contributed by atoms with E-state index in [1.165, 1.54) is 13.8 Å². The Hall–Kier alpha value is -2.32. The van der Waals surface area contributed by atoms with E-state index in [-0.39, 0.29) is 11.5 Å². The summed E-state index contributed by atoms with van der Waals surface area (Å²) in [6.45, 7) is 2.11. The zero-order valence-electron chi connectivity index (χ0n) is 12.2. The van der Waals surface area contributed by atoms with Crippen LogP contribution in [0.1, 0.15) is 39.0 Å². The number of H-pyrrole nitrogens is 1. The maximum absolute atomic E-state index is 11.9. The van der Waals surface area contributed by atoms with Crippen LogP contribution in [0.3, 0.4) is 0 Å². The van der Waals surface area contributed by atoms with Gasteiger partial charge in [-0.15, -0.1) is 0 Å². The molecule has 0 saturated heterocycles. The van der Waals surface area contributed by atoms with Crippen LogP contribution in [0.2, 0.25) is 0 Å². The van der Waals surface area contributed by atoms with Crippen molar-refractivity contribution in [3.63, 3.8) is 0 Å².